The molecule has 0 aromatic carbocycles. The topological polar surface area (TPSA) is 50.4 Å². The lowest BCUT2D eigenvalue weighted by molar-refractivity contribution is -0.0237. The summed E-state index contributed by atoms with van der Waals surface area (Å²) in [4.78, 5) is 4.63. The van der Waals surface area contributed by atoms with E-state index in [1.54, 1.807) is 5.57 Å². The first-order valence-corrected chi connectivity index (χ1v) is 11.4. The molecule has 4 unspecified atom stereocenters. The lowest BCUT2D eigenvalue weighted by Crippen LogP contribution is -2.49. The lowest BCUT2D eigenvalue weighted by Gasteiger charge is -2.57. The van der Waals surface area contributed by atoms with Crippen molar-refractivity contribution in [2.75, 3.05) is 0 Å². The third kappa shape index (κ3) is 2.35. The van der Waals surface area contributed by atoms with Crippen molar-refractivity contribution < 1.29 is 5.11 Å². The number of aliphatic hydroxyl groups excluding tert-OH is 1. The van der Waals surface area contributed by atoms with Crippen LogP contribution in [-0.2, 0) is 0 Å². The number of rotatable bonds is 1. The number of aliphatic hydroxyl groups is 1. The molecule has 6 rings (SSSR count). The van der Waals surface area contributed by atoms with Crippen molar-refractivity contribution in [3.8, 4) is 0 Å². The van der Waals surface area contributed by atoms with Gasteiger partial charge in [0.25, 0.3) is 0 Å². The Bertz CT molecular complexity index is 1040. The van der Waals surface area contributed by atoms with Gasteiger partial charge in [0.05, 0.1) is 12.3 Å². The molecule has 0 amide bonds. The van der Waals surface area contributed by atoms with E-state index in [2.05, 4.69) is 36.1 Å². The van der Waals surface area contributed by atoms with Crippen molar-refractivity contribution in [3.63, 3.8) is 0 Å². The van der Waals surface area contributed by atoms with E-state index in [0.717, 1.165) is 36.7 Å². The smallest absolute Gasteiger partial charge is 0.162 e. The van der Waals surface area contributed by atoms with E-state index >= 15 is 0 Å². The van der Waals surface area contributed by atoms with Crippen LogP contribution >= 0.6 is 0 Å². The van der Waals surface area contributed by atoms with E-state index in [4.69, 9.17) is 0 Å². The molecule has 0 saturated heterocycles. The Kier molecular flexibility index (Phi) is 3.72. The molecule has 29 heavy (non-hydrogen) atoms. The van der Waals surface area contributed by atoms with Crippen LogP contribution in [0.25, 0.3) is 11.2 Å². The van der Waals surface area contributed by atoms with Gasteiger partial charge in [-0.15, -0.1) is 0 Å². The Morgan fingerprint density at radius 1 is 1.07 bits per heavy atom. The number of hydrogen-bond donors (Lipinski definition) is 1. The molecule has 4 aliphatic carbocycles. The summed E-state index contributed by atoms with van der Waals surface area (Å²) < 4.78 is 1.91. The Morgan fingerprint density at radius 2 is 1.93 bits per heavy atom. The molecule has 0 aliphatic heterocycles. The maximum atomic E-state index is 10.2. The van der Waals surface area contributed by atoms with Crippen LogP contribution in [-0.4, -0.2) is 25.8 Å². The van der Waals surface area contributed by atoms with Gasteiger partial charge in [-0.25, -0.2) is 9.50 Å². The second-order valence-electron chi connectivity index (χ2n) is 10.4. The van der Waals surface area contributed by atoms with Gasteiger partial charge in [0, 0.05) is 18.0 Å². The highest BCUT2D eigenvalue weighted by Gasteiger charge is 2.57. The van der Waals surface area contributed by atoms with Gasteiger partial charge in [0.1, 0.15) is 0 Å². The Labute approximate surface area is 172 Å². The van der Waals surface area contributed by atoms with Crippen LogP contribution in [0.5, 0.6) is 0 Å². The summed E-state index contributed by atoms with van der Waals surface area (Å²) in [6.07, 6.45) is 18.7. The predicted molar refractivity (Wildman–Crippen MR) is 114 cm³/mol. The minimum atomic E-state index is -0.123. The summed E-state index contributed by atoms with van der Waals surface area (Å²) in [5.41, 5.74) is 5.78. The van der Waals surface area contributed by atoms with E-state index in [1.807, 2.05) is 29.2 Å². The fourth-order valence-electron chi connectivity index (χ4n) is 7.64. The van der Waals surface area contributed by atoms with Gasteiger partial charge in [-0.2, -0.15) is 5.10 Å². The zero-order chi connectivity index (χ0) is 19.8. The van der Waals surface area contributed by atoms with Crippen LogP contribution in [0.2, 0.25) is 0 Å². The molecule has 4 nitrogen and oxygen atoms in total. The number of nitrogens with zero attached hydrogens (tertiary/aromatic N) is 3. The summed E-state index contributed by atoms with van der Waals surface area (Å²) in [7, 11) is 0. The highest BCUT2D eigenvalue weighted by atomic mass is 16.3. The van der Waals surface area contributed by atoms with Crippen LogP contribution in [0.1, 0.15) is 64.4 Å². The molecular formula is C25H31N3O. The molecule has 6 atom stereocenters. The highest BCUT2D eigenvalue weighted by Crippen LogP contribution is 2.66. The molecule has 2 aromatic rings. The lowest BCUT2D eigenvalue weighted by atomic mass is 9.47. The van der Waals surface area contributed by atoms with Crippen molar-refractivity contribution in [1.82, 2.24) is 14.6 Å². The first-order valence-electron chi connectivity index (χ1n) is 11.4. The van der Waals surface area contributed by atoms with Gasteiger partial charge in [0.15, 0.2) is 5.65 Å². The number of fused-ring (bicyclic) bond motifs is 6. The van der Waals surface area contributed by atoms with Gasteiger partial charge < -0.3 is 5.11 Å². The Hall–Kier alpha value is -1.94. The van der Waals surface area contributed by atoms with Crippen molar-refractivity contribution in [1.29, 1.82) is 0 Å². The van der Waals surface area contributed by atoms with E-state index in [0.29, 0.717) is 11.3 Å². The van der Waals surface area contributed by atoms with Gasteiger partial charge in [-0.1, -0.05) is 31.6 Å². The molecule has 2 fully saturated rings. The minimum absolute atomic E-state index is 0.123. The largest absolute Gasteiger partial charge is 0.393 e. The minimum Gasteiger partial charge on any atom is -0.393 e. The van der Waals surface area contributed by atoms with E-state index in [-0.39, 0.29) is 11.5 Å². The average molecular weight is 390 g/mol. The molecule has 0 radical (unpaired) electrons. The van der Waals surface area contributed by atoms with E-state index < -0.39 is 0 Å². The zero-order valence-electron chi connectivity index (χ0n) is 17.5. The molecule has 4 aliphatic rings. The van der Waals surface area contributed by atoms with Crippen molar-refractivity contribution in [3.05, 3.63) is 47.9 Å². The van der Waals surface area contributed by atoms with Crippen molar-refractivity contribution in [2.24, 2.45) is 28.6 Å². The van der Waals surface area contributed by atoms with Crippen molar-refractivity contribution >= 4 is 11.2 Å². The standard InChI is InChI=1S/C25H31N3O/c1-24-10-8-17(29)14-16(24)4-5-18-20-6-7-21(25(20,2)11-9-22(18)24)19-15-27-28-13-3-12-26-23(19)28/h3-4,7,12-13,15,17-18,20,22,29H,5-6,8-11,14H2,1-2H3/t17-,18?,20?,22?,24?,25-/m0/s1. The van der Waals surface area contributed by atoms with Gasteiger partial charge in [0.2, 0.25) is 0 Å². The molecule has 4 heteroatoms. The maximum Gasteiger partial charge on any atom is 0.162 e. The van der Waals surface area contributed by atoms with Crippen LogP contribution < -0.4 is 0 Å². The first-order chi connectivity index (χ1) is 14.0. The number of aromatic nitrogens is 3. The Balaban J connectivity index is 1.36. The Morgan fingerprint density at radius 3 is 2.83 bits per heavy atom. The SMILES string of the molecule is CC12CC[C@H](O)CC1=CCC1C2CC[C@]2(C)C(c3cnn4cccnc34)=CCC12. The molecule has 2 aromatic heterocycles. The number of hydrogen-bond acceptors (Lipinski definition) is 3. The van der Waals surface area contributed by atoms with Crippen LogP contribution in [0.4, 0.5) is 0 Å². The van der Waals surface area contributed by atoms with E-state index in [9.17, 15) is 5.11 Å². The summed E-state index contributed by atoms with van der Waals surface area (Å²) >= 11 is 0. The summed E-state index contributed by atoms with van der Waals surface area (Å²) in [5, 5.41) is 14.8. The summed E-state index contributed by atoms with van der Waals surface area (Å²) in [5.74, 6) is 2.22. The zero-order valence-corrected chi connectivity index (χ0v) is 17.5. The van der Waals surface area contributed by atoms with Gasteiger partial charge >= 0.3 is 0 Å². The number of allylic oxidation sites excluding steroid dienone is 3. The molecule has 0 bridgehead atoms. The predicted octanol–water partition coefficient (Wildman–Crippen LogP) is 5.05. The normalized spacial score (nSPS) is 41.3. The van der Waals surface area contributed by atoms with Crippen molar-refractivity contribution in [2.45, 2.75) is 64.9 Å². The van der Waals surface area contributed by atoms with Gasteiger partial charge in [-0.3, -0.25) is 0 Å². The average Bonchev–Trinajstić information content (AvgIpc) is 3.29. The summed E-state index contributed by atoms with van der Waals surface area (Å²) in [6, 6.07) is 1.94. The maximum absolute atomic E-state index is 10.2. The van der Waals surface area contributed by atoms with Crippen LogP contribution in [0.15, 0.2) is 42.4 Å². The first kappa shape index (κ1) is 17.9. The molecule has 2 saturated carbocycles. The molecular weight excluding hydrogens is 358 g/mol. The quantitative estimate of drug-likeness (QED) is 0.695. The molecule has 1 N–H and O–H groups in total. The molecule has 0 spiro atoms. The monoisotopic (exact) mass is 389 g/mol. The molecule has 2 heterocycles. The molecule has 152 valence electrons. The van der Waals surface area contributed by atoms with Gasteiger partial charge in [-0.05, 0) is 85.2 Å². The van der Waals surface area contributed by atoms with Crippen LogP contribution in [0.3, 0.4) is 0 Å². The van der Waals surface area contributed by atoms with E-state index in [1.165, 1.54) is 36.8 Å². The fraction of sp³-hybridized carbons (Fsp3) is 0.600. The summed E-state index contributed by atoms with van der Waals surface area (Å²) in [6.45, 7) is 5.01. The second-order valence-corrected chi connectivity index (χ2v) is 10.4. The third-order valence-corrected chi connectivity index (χ3v) is 9.23. The second kappa shape index (κ2) is 6.04. The fourth-order valence-corrected chi connectivity index (χ4v) is 7.64. The third-order valence-electron chi connectivity index (χ3n) is 9.23. The van der Waals surface area contributed by atoms with Crippen LogP contribution in [0, 0.1) is 28.6 Å². The highest BCUT2D eigenvalue weighted by molar-refractivity contribution is 5.80.